The lowest BCUT2D eigenvalue weighted by molar-refractivity contribution is 0.267. The normalized spacial score (nSPS) is 10.2. The number of para-hydroxylation sites is 2. The van der Waals surface area contributed by atoms with Crippen molar-refractivity contribution in [1.29, 1.82) is 0 Å². The summed E-state index contributed by atoms with van der Waals surface area (Å²) in [6, 6.07) is 14.9. The summed E-state index contributed by atoms with van der Waals surface area (Å²) in [7, 11) is 0. The summed E-state index contributed by atoms with van der Waals surface area (Å²) in [4.78, 5) is 0. The third-order valence-electron chi connectivity index (χ3n) is 2.80. The molecule has 2 aromatic carbocycles. The molecule has 4 heteroatoms. The average Bonchev–Trinajstić information content (AvgIpc) is 2.46. The zero-order valence-electron chi connectivity index (χ0n) is 11.2. The molecule has 0 aliphatic heterocycles. The highest BCUT2D eigenvalue weighted by Gasteiger charge is 1.98. The molecule has 0 fully saturated rings. The largest absolute Gasteiger partial charge is 0.494 e. The second-order valence-electron chi connectivity index (χ2n) is 4.40. The van der Waals surface area contributed by atoms with Gasteiger partial charge in [0.25, 0.3) is 0 Å². The fourth-order valence-corrected chi connectivity index (χ4v) is 1.85. The molecule has 0 amide bonds. The van der Waals surface area contributed by atoms with Gasteiger partial charge in [-0.1, -0.05) is 23.7 Å². The molecule has 0 spiro atoms. The SMILES string of the molecule is Nc1ccccc1OCCCCOc1ccc(Cl)cc1. The summed E-state index contributed by atoms with van der Waals surface area (Å²) in [5.74, 6) is 1.58. The zero-order valence-corrected chi connectivity index (χ0v) is 12.0. The minimum atomic E-state index is 0.637. The molecule has 106 valence electrons. The van der Waals surface area contributed by atoms with Crippen LogP contribution in [0.4, 0.5) is 5.69 Å². The zero-order chi connectivity index (χ0) is 14.2. The van der Waals surface area contributed by atoms with Gasteiger partial charge in [-0.25, -0.2) is 0 Å². The van der Waals surface area contributed by atoms with Crippen LogP contribution in [0.25, 0.3) is 0 Å². The van der Waals surface area contributed by atoms with Gasteiger partial charge in [0.15, 0.2) is 0 Å². The van der Waals surface area contributed by atoms with Gasteiger partial charge in [0.2, 0.25) is 0 Å². The predicted molar refractivity (Wildman–Crippen MR) is 82.5 cm³/mol. The highest BCUT2D eigenvalue weighted by atomic mass is 35.5. The van der Waals surface area contributed by atoms with E-state index in [0.717, 1.165) is 24.3 Å². The molecule has 2 aromatic rings. The Balaban J connectivity index is 1.60. The lowest BCUT2D eigenvalue weighted by Gasteiger charge is -2.09. The molecule has 2 N–H and O–H groups in total. The Morgan fingerprint density at radius 2 is 1.50 bits per heavy atom. The molecule has 0 aromatic heterocycles. The first kappa shape index (κ1) is 14.5. The fraction of sp³-hybridized carbons (Fsp3) is 0.250. The number of benzene rings is 2. The minimum absolute atomic E-state index is 0.637. The van der Waals surface area contributed by atoms with Crippen molar-refractivity contribution in [2.45, 2.75) is 12.8 Å². The van der Waals surface area contributed by atoms with E-state index in [1.807, 2.05) is 48.5 Å². The topological polar surface area (TPSA) is 44.5 Å². The summed E-state index contributed by atoms with van der Waals surface area (Å²) in [5, 5.41) is 0.714. The van der Waals surface area contributed by atoms with Gasteiger partial charge in [0.05, 0.1) is 18.9 Å². The number of hydrogen-bond acceptors (Lipinski definition) is 3. The van der Waals surface area contributed by atoms with Gasteiger partial charge in [0, 0.05) is 5.02 Å². The van der Waals surface area contributed by atoms with Crippen LogP contribution in [-0.2, 0) is 0 Å². The van der Waals surface area contributed by atoms with Crippen molar-refractivity contribution in [3.05, 3.63) is 53.6 Å². The Morgan fingerprint density at radius 1 is 0.850 bits per heavy atom. The molecule has 0 heterocycles. The van der Waals surface area contributed by atoms with E-state index in [9.17, 15) is 0 Å². The first-order valence-electron chi connectivity index (χ1n) is 6.61. The number of halogens is 1. The number of unbranched alkanes of at least 4 members (excludes halogenated alkanes) is 1. The van der Waals surface area contributed by atoms with E-state index in [0.29, 0.717) is 23.9 Å². The quantitative estimate of drug-likeness (QED) is 0.615. The van der Waals surface area contributed by atoms with Crippen LogP contribution in [0.5, 0.6) is 11.5 Å². The molecule has 2 rings (SSSR count). The minimum Gasteiger partial charge on any atom is -0.494 e. The third-order valence-corrected chi connectivity index (χ3v) is 3.05. The van der Waals surface area contributed by atoms with Crippen LogP contribution in [0.2, 0.25) is 5.02 Å². The molecule has 0 saturated heterocycles. The summed E-state index contributed by atoms with van der Waals surface area (Å²) in [5.41, 5.74) is 6.46. The molecule has 0 radical (unpaired) electrons. The van der Waals surface area contributed by atoms with E-state index in [2.05, 4.69) is 0 Å². The molecule has 0 bridgehead atoms. The van der Waals surface area contributed by atoms with E-state index in [1.165, 1.54) is 0 Å². The van der Waals surface area contributed by atoms with Gasteiger partial charge in [-0.2, -0.15) is 0 Å². The van der Waals surface area contributed by atoms with Gasteiger partial charge in [0.1, 0.15) is 11.5 Å². The van der Waals surface area contributed by atoms with Crippen molar-refractivity contribution >= 4 is 17.3 Å². The van der Waals surface area contributed by atoms with E-state index in [4.69, 9.17) is 26.8 Å². The monoisotopic (exact) mass is 291 g/mol. The molecule has 0 unspecified atom stereocenters. The standard InChI is InChI=1S/C16H18ClNO2/c17-13-7-9-14(10-8-13)19-11-3-4-12-20-16-6-2-1-5-15(16)18/h1-2,5-10H,3-4,11-12,18H2. The second kappa shape index (κ2) is 7.65. The van der Waals surface area contributed by atoms with Crippen LogP contribution in [0.3, 0.4) is 0 Å². The highest BCUT2D eigenvalue weighted by Crippen LogP contribution is 2.20. The fourth-order valence-electron chi connectivity index (χ4n) is 1.72. The number of anilines is 1. The molecule has 0 saturated carbocycles. The van der Waals surface area contributed by atoms with Gasteiger partial charge < -0.3 is 15.2 Å². The van der Waals surface area contributed by atoms with Crippen molar-refractivity contribution in [3.8, 4) is 11.5 Å². The number of rotatable bonds is 7. The maximum atomic E-state index is 5.80. The smallest absolute Gasteiger partial charge is 0.142 e. The molecule has 3 nitrogen and oxygen atoms in total. The van der Waals surface area contributed by atoms with Gasteiger partial charge >= 0.3 is 0 Å². The van der Waals surface area contributed by atoms with Gasteiger partial charge in [-0.3, -0.25) is 0 Å². The van der Waals surface area contributed by atoms with Crippen molar-refractivity contribution in [3.63, 3.8) is 0 Å². The summed E-state index contributed by atoms with van der Waals surface area (Å²) >= 11 is 5.80. The van der Waals surface area contributed by atoms with Crippen LogP contribution < -0.4 is 15.2 Å². The molecule has 0 aliphatic carbocycles. The molecule has 0 aliphatic rings. The molecular formula is C16H18ClNO2. The van der Waals surface area contributed by atoms with E-state index >= 15 is 0 Å². The van der Waals surface area contributed by atoms with Crippen molar-refractivity contribution in [2.75, 3.05) is 18.9 Å². The predicted octanol–water partition coefficient (Wildman–Crippen LogP) is 4.16. The Kier molecular flexibility index (Phi) is 5.56. The Labute approximate surface area is 124 Å². The first-order chi connectivity index (χ1) is 9.75. The molecule has 0 atom stereocenters. The highest BCUT2D eigenvalue weighted by molar-refractivity contribution is 6.30. The number of hydrogen-bond donors (Lipinski definition) is 1. The molecule has 20 heavy (non-hydrogen) atoms. The van der Waals surface area contributed by atoms with E-state index in [1.54, 1.807) is 0 Å². The Morgan fingerprint density at radius 3 is 2.20 bits per heavy atom. The van der Waals surface area contributed by atoms with Crippen LogP contribution >= 0.6 is 11.6 Å². The van der Waals surface area contributed by atoms with Gasteiger partial charge in [-0.05, 0) is 49.2 Å². The third kappa shape index (κ3) is 4.67. The number of nitrogens with two attached hydrogens (primary N) is 1. The van der Waals surface area contributed by atoms with E-state index in [-0.39, 0.29) is 0 Å². The van der Waals surface area contributed by atoms with Crippen LogP contribution in [-0.4, -0.2) is 13.2 Å². The van der Waals surface area contributed by atoms with Gasteiger partial charge in [-0.15, -0.1) is 0 Å². The Hall–Kier alpha value is -1.87. The molecular weight excluding hydrogens is 274 g/mol. The maximum Gasteiger partial charge on any atom is 0.142 e. The maximum absolute atomic E-state index is 5.80. The van der Waals surface area contributed by atoms with Crippen LogP contribution in [0, 0.1) is 0 Å². The van der Waals surface area contributed by atoms with Crippen molar-refractivity contribution in [1.82, 2.24) is 0 Å². The summed E-state index contributed by atoms with van der Waals surface area (Å²) < 4.78 is 11.2. The van der Waals surface area contributed by atoms with Crippen molar-refractivity contribution in [2.24, 2.45) is 0 Å². The van der Waals surface area contributed by atoms with Crippen molar-refractivity contribution < 1.29 is 9.47 Å². The lowest BCUT2D eigenvalue weighted by atomic mass is 10.3. The van der Waals surface area contributed by atoms with E-state index < -0.39 is 0 Å². The first-order valence-corrected chi connectivity index (χ1v) is 6.99. The average molecular weight is 292 g/mol. The van der Waals surface area contributed by atoms with Crippen LogP contribution in [0.15, 0.2) is 48.5 Å². The second-order valence-corrected chi connectivity index (χ2v) is 4.83. The lowest BCUT2D eigenvalue weighted by Crippen LogP contribution is -2.03. The number of nitrogen functional groups attached to an aromatic ring is 1. The summed E-state index contributed by atoms with van der Waals surface area (Å²) in [6.07, 6.45) is 1.84. The summed E-state index contributed by atoms with van der Waals surface area (Å²) in [6.45, 7) is 1.30. The Bertz CT molecular complexity index is 528. The number of ether oxygens (including phenoxy) is 2. The van der Waals surface area contributed by atoms with Crippen LogP contribution in [0.1, 0.15) is 12.8 Å².